The van der Waals surface area contributed by atoms with Crippen molar-refractivity contribution in [2.75, 3.05) is 24.2 Å². The lowest BCUT2D eigenvalue weighted by Crippen LogP contribution is -2.40. The second-order valence-electron chi connectivity index (χ2n) is 6.33. The minimum absolute atomic E-state index is 0.0947. The number of ether oxygens (including phenoxy) is 1. The van der Waals surface area contributed by atoms with Gasteiger partial charge in [-0.2, -0.15) is 0 Å². The third-order valence-corrected chi connectivity index (χ3v) is 5.64. The third-order valence-electron chi connectivity index (χ3n) is 4.46. The molecule has 1 atom stereocenters. The normalized spacial score (nSPS) is 16.7. The number of nitrogens with one attached hydrogen (secondary N) is 1. The molecule has 1 amide bonds. The second-order valence-corrected chi connectivity index (χ2v) is 8.23. The van der Waals surface area contributed by atoms with Gasteiger partial charge in [-0.3, -0.25) is 9.10 Å². The van der Waals surface area contributed by atoms with Crippen LogP contribution in [0.5, 0.6) is 5.75 Å². The standard InChI is InChI=1S/C19H22N2O4S/c1-25-15-9-7-14(8-10-15)13-19(22)20-17-11-12-21(26(2,23)24)18-6-4-3-5-16(17)18/h3-10,17H,11-13H2,1-2H3,(H,20,22). The smallest absolute Gasteiger partial charge is 0.232 e. The Hall–Kier alpha value is -2.54. The highest BCUT2D eigenvalue weighted by molar-refractivity contribution is 7.92. The van der Waals surface area contributed by atoms with Crippen LogP contribution in [0.3, 0.4) is 0 Å². The van der Waals surface area contributed by atoms with E-state index < -0.39 is 10.0 Å². The molecular weight excluding hydrogens is 352 g/mol. The van der Waals surface area contributed by atoms with Crippen LogP contribution >= 0.6 is 0 Å². The average Bonchev–Trinajstić information content (AvgIpc) is 2.61. The molecule has 6 nitrogen and oxygen atoms in total. The second kappa shape index (κ2) is 7.37. The van der Waals surface area contributed by atoms with Crippen molar-refractivity contribution >= 4 is 21.6 Å². The van der Waals surface area contributed by atoms with Gasteiger partial charge in [0.2, 0.25) is 15.9 Å². The highest BCUT2D eigenvalue weighted by Crippen LogP contribution is 2.35. The zero-order valence-corrected chi connectivity index (χ0v) is 15.6. The predicted molar refractivity (Wildman–Crippen MR) is 101 cm³/mol. The van der Waals surface area contributed by atoms with Gasteiger partial charge < -0.3 is 10.1 Å². The number of hydrogen-bond donors (Lipinski definition) is 1. The molecule has 1 N–H and O–H groups in total. The van der Waals surface area contributed by atoms with E-state index in [9.17, 15) is 13.2 Å². The third kappa shape index (κ3) is 3.99. The maximum atomic E-state index is 12.4. The Kier molecular flexibility index (Phi) is 5.18. The number of fused-ring (bicyclic) bond motifs is 1. The minimum Gasteiger partial charge on any atom is -0.497 e. The van der Waals surface area contributed by atoms with Crippen LogP contribution in [0.25, 0.3) is 0 Å². The summed E-state index contributed by atoms with van der Waals surface area (Å²) in [4.78, 5) is 12.4. The molecule has 2 aromatic carbocycles. The first kappa shape index (κ1) is 18.3. The van der Waals surface area contributed by atoms with E-state index in [0.717, 1.165) is 16.9 Å². The molecule has 1 unspecified atom stereocenters. The maximum Gasteiger partial charge on any atom is 0.232 e. The van der Waals surface area contributed by atoms with E-state index in [2.05, 4.69) is 5.32 Å². The van der Waals surface area contributed by atoms with Crippen LogP contribution in [-0.2, 0) is 21.2 Å². The van der Waals surface area contributed by atoms with Gasteiger partial charge in [-0.1, -0.05) is 30.3 Å². The van der Waals surface area contributed by atoms with Crippen LogP contribution in [-0.4, -0.2) is 34.2 Å². The first-order valence-corrected chi connectivity index (χ1v) is 10.2. The SMILES string of the molecule is COc1ccc(CC(=O)NC2CCN(S(C)(=O)=O)c3ccccc32)cc1. The Morgan fingerprint density at radius 1 is 1.19 bits per heavy atom. The van der Waals surface area contributed by atoms with Crippen LogP contribution < -0.4 is 14.4 Å². The molecule has 0 saturated carbocycles. The summed E-state index contributed by atoms with van der Waals surface area (Å²) < 4.78 is 30.5. The molecule has 0 bridgehead atoms. The largest absolute Gasteiger partial charge is 0.497 e. The van der Waals surface area contributed by atoms with Crippen molar-refractivity contribution in [2.24, 2.45) is 0 Å². The van der Waals surface area contributed by atoms with Gasteiger partial charge in [-0.15, -0.1) is 0 Å². The number of anilines is 1. The lowest BCUT2D eigenvalue weighted by atomic mass is 9.97. The highest BCUT2D eigenvalue weighted by Gasteiger charge is 2.30. The van der Waals surface area contributed by atoms with Gasteiger partial charge in [0.25, 0.3) is 0 Å². The summed E-state index contributed by atoms with van der Waals surface area (Å²) in [6.07, 6.45) is 2.00. The lowest BCUT2D eigenvalue weighted by molar-refractivity contribution is -0.121. The van der Waals surface area contributed by atoms with E-state index in [1.54, 1.807) is 19.2 Å². The van der Waals surface area contributed by atoms with E-state index in [1.807, 2.05) is 36.4 Å². The van der Waals surface area contributed by atoms with Crippen LogP contribution in [0, 0.1) is 0 Å². The molecule has 7 heteroatoms. The number of sulfonamides is 1. The fourth-order valence-corrected chi connectivity index (χ4v) is 4.16. The molecule has 1 aliphatic heterocycles. The quantitative estimate of drug-likeness (QED) is 0.871. The van der Waals surface area contributed by atoms with Crippen molar-refractivity contribution in [3.63, 3.8) is 0 Å². The lowest BCUT2D eigenvalue weighted by Gasteiger charge is -2.34. The fraction of sp³-hybridized carbons (Fsp3) is 0.316. The molecule has 2 aromatic rings. The number of hydrogen-bond acceptors (Lipinski definition) is 4. The molecule has 0 spiro atoms. The Morgan fingerprint density at radius 2 is 1.88 bits per heavy atom. The van der Waals surface area contributed by atoms with Gasteiger partial charge in [0, 0.05) is 6.54 Å². The molecule has 0 radical (unpaired) electrons. The van der Waals surface area contributed by atoms with Crippen LogP contribution in [0.15, 0.2) is 48.5 Å². The van der Waals surface area contributed by atoms with Gasteiger partial charge in [-0.05, 0) is 35.7 Å². The summed E-state index contributed by atoms with van der Waals surface area (Å²) in [5.74, 6) is 0.652. The van der Waals surface area contributed by atoms with Gasteiger partial charge in [0.1, 0.15) is 5.75 Å². The Morgan fingerprint density at radius 3 is 2.54 bits per heavy atom. The molecule has 138 valence electrons. The fourth-order valence-electron chi connectivity index (χ4n) is 3.20. The molecule has 3 rings (SSSR count). The monoisotopic (exact) mass is 374 g/mol. The minimum atomic E-state index is -3.34. The number of para-hydroxylation sites is 1. The van der Waals surface area contributed by atoms with E-state index in [1.165, 1.54) is 10.6 Å². The topological polar surface area (TPSA) is 75.7 Å². The van der Waals surface area contributed by atoms with E-state index >= 15 is 0 Å². The average molecular weight is 374 g/mol. The molecule has 0 aliphatic carbocycles. The number of amides is 1. The zero-order valence-electron chi connectivity index (χ0n) is 14.8. The van der Waals surface area contributed by atoms with E-state index in [4.69, 9.17) is 4.74 Å². The number of carbonyl (C=O) groups excluding carboxylic acids is 1. The van der Waals surface area contributed by atoms with Gasteiger partial charge in [0.05, 0.1) is 31.5 Å². The molecule has 0 aromatic heterocycles. The van der Waals surface area contributed by atoms with Gasteiger partial charge in [0.15, 0.2) is 0 Å². The first-order chi connectivity index (χ1) is 12.4. The number of methoxy groups -OCH3 is 1. The van der Waals surface area contributed by atoms with Crippen molar-refractivity contribution in [1.82, 2.24) is 5.32 Å². The molecule has 26 heavy (non-hydrogen) atoms. The molecule has 1 heterocycles. The molecular formula is C19H22N2O4S. The first-order valence-electron chi connectivity index (χ1n) is 8.37. The van der Waals surface area contributed by atoms with Crippen molar-refractivity contribution in [2.45, 2.75) is 18.9 Å². The molecule has 0 fully saturated rings. The van der Waals surface area contributed by atoms with Crippen LogP contribution in [0.2, 0.25) is 0 Å². The molecule has 1 aliphatic rings. The number of benzene rings is 2. The summed E-state index contributed by atoms with van der Waals surface area (Å²) in [6.45, 7) is 0.351. The highest BCUT2D eigenvalue weighted by atomic mass is 32.2. The number of nitrogens with zero attached hydrogens (tertiary/aromatic N) is 1. The summed E-state index contributed by atoms with van der Waals surface area (Å²) in [5.41, 5.74) is 2.36. The summed E-state index contributed by atoms with van der Waals surface area (Å²) in [6, 6.07) is 14.5. The predicted octanol–water partition coefficient (Wildman–Crippen LogP) is 2.26. The summed E-state index contributed by atoms with van der Waals surface area (Å²) in [5, 5.41) is 3.03. The number of carbonyl (C=O) groups is 1. The maximum absolute atomic E-state index is 12.4. The van der Waals surface area contributed by atoms with Crippen molar-refractivity contribution in [3.8, 4) is 5.75 Å². The Balaban J connectivity index is 1.74. The van der Waals surface area contributed by atoms with E-state index in [-0.39, 0.29) is 18.4 Å². The summed E-state index contributed by atoms with van der Waals surface area (Å²) >= 11 is 0. The van der Waals surface area contributed by atoms with Crippen LogP contribution in [0.1, 0.15) is 23.6 Å². The van der Waals surface area contributed by atoms with Crippen molar-refractivity contribution in [3.05, 3.63) is 59.7 Å². The summed E-state index contributed by atoms with van der Waals surface area (Å²) in [7, 11) is -1.74. The van der Waals surface area contributed by atoms with Crippen LogP contribution in [0.4, 0.5) is 5.69 Å². The number of rotatable bonds is 5. The Labute approximate surface area is 153 Å². The van der Waals surface area contributed by atoms with Gasteiger partial charge >= 0.3 is 0 Å². The van der Waals surface area contributed by atoms with E-state index in [0.29, 0.717) is 18.7 Å². The molecule has 0 saturated heterocycles. The van der Waals surface area contributed by atoms with Crippen molar-refractivity contribution < 1.29 is 17.9 Å². The van der Waals surface area contributed by atoms with Crippen molar-refractivity contribution in [1.29, 1.82) is 0 Å². The van der Waals surface area contributed by atoms with Gasteiger partial charge in [-0.25, -0.2) is 8.42 Å². The zero-order chi connectivity index (χ0) is 18.7. The Bertz CT molecular complexity index is 894.